The number of nitrogens with two attached hydrogens (primary N) is 1. The third-order valence-electron chi connectivity index (χ3n) is 3.02. The maximum absolute atomic E-state index is 13.1. The van der Waals surface area contributed by atoms with Crippen LogP contribution in [0.3, 0.4) is 0 Å². The molecule has 0 bridgehead atoms. The second kappa shape index (κ2) is 3.45. The molecule has 0 radical (unpaired) electrons. The lowest BCUT2D eigenvalue weighted by atomic mass is 9.78. The van der Waals surface area contributed by atoms with Crippen molar-refractivity contribution in [2.24, 2.45) is 11.7 Å². The summed E-state index contributed by atoms with van der Waals surface area (Å²) in [5, 5.41) is 0. The molecule has 0 saturated carbocycles. The van der Waals surface area contributed by atoms with E-state index in [4.69, 9.17) is 10.5 Å². The lowest BCUT2D eigenvalue weighted by Crippen LogP contribution is -2.53. The Hall–Kier alpha value is -1.16. The summed E-state index contributed by atoms with van der Waals surface area (Å²) in [5.74, 6) is 0.0748. The molecule has 1 aliphatic heterocycles. The van der Waals surface area contributed by atoms with E-state index in [1.54, 1.807) is 31.2 Å². The maximum Gasteiger partial charge on any atom is 0.260 e. The highest BCUT2D eigenvalue weighted by molar-refractivity contribution is 5.41. The van der Waals surface area contributed by atoms with Crippen molar-refractivity contribution in [1.29, 1.82) is 0 Å². The van der Waals surface area contributed by atoms with Gasteiger partial charge in [0.1, 0.15) is 11.3 Å². The van der Waals surface area contributed by atoms with Crippen LogP contribution < -0.4 is 10.5 Å². The highest BCUT2D eigenvalue weighted by Gasteiger charge is 2.47. The van der Waals surface area contributed by atoms with Crippen molar-refractivity contribution in [3.63, 3.8) is 0 Å². The molecule has 0 spiro atoms. The minimum atomic E-state index is -2.59. The lowest BCUT2D eigenvalue weighted by Gasteiger charge is -2.39. The van der Waals surface area contributed by atoms with Crippen LogP contribution in [0.5, 0.6) is 5.75 Å². The third-order valence-corrected chi connectivity index (χ3v) is 3.02. The Balaban J connectivity index is 2.55. The summed E-state index contributed by atoms with van der Waals surface area (Å²) in [6.07, 6.45) is -2.59. The molecule has 2 nitrogen and oxygen atoms in total. The summed E-state index contributed by atoms with van der Waals surface area (Å²) < 4.78 is 31.5. The predicted molar refractivity (Wildman–Crippen MR) is 53.0 cm³/mol. The van der Waals surface area contributed by atoms with E-state index in [9.17, 15) is 8.78 Å². The summed E-state index contributed by atoms with van der Waals surface area (Å²) >= 11 is 0. The van der Waals surface area contributed by atoms with Gasteiger partial charge >= 0.3 is 0 Å². The number of hydrogen-bond acceptors (Lipinski definition) is 2. The van der Waals surface area contributed by atoms with Crippen molar-refractivity contribution < 1.29 is 13.5 Å². The molecule has 0 saturated heterocycles. The topological polar surface area (TPSA) is 35.2 Å². The molecule has 2 atom stereocenters. The van der Waals surface area contributed by atoms with Crippen LogP contribution in [0.4, 0.5) is 8.78 Å². The number of fused-ring (bicyclic) bond motifs is 1. The Kier molecular flexibility index (Phi) is 2.38. The Labute approximate surface area is 87.0 Å². The van der Waals surface area contributed by atoms with Gasteiger partial charge in [0.2, 0.25) is 0 Å². The van der Waals surface area contributed by atoms with E-state index in [2.05, 4.69) is 0 Å². The van der Waals surface area contributed by atoms with Gasteiger partial charge in [-0.3, -0.25) is 0 Å². The van der Waals surface area contributed by atoms with Crippen molar-refractivity contribution in [2.75, 3.05) is 6.61 Å². The second-order valence-electron chi connectivity index (χ2n) is 3.94. The minimum absolute atomic E-state index is 0.234. The van der Waals surface area contributed by atoms with Crippen LogP contribution in [0, 0.1) is 5.92 Å². The normalized spacial score (nSPS) is 29.8. The van der Waals surface area contributed by atoms with Gasteiger partial charge in [-0.05, 0) is 6.07 Å². The number of halogens is 2. The van der Waals surface area contributed by atoms with Crippen LogP contribution in [-0.2, 0) is 5.54 Å². The van der Waals surface area contributed by atoms with Crippen LogP contribution in [0.25, 0.3) is 0 Å². The molecule has 0 aromatic heterocycles. The number of rotatable bonds is 1. The number of alkyl halides is 2. The zero-order valence-electron chi connectivity index (χ0n) is 8.41. The van der Waals surface area contributed by atoms with Crippen LogP contribution in [0.15, 0.2) is 24.3 Å². The van der Waals surface area contributed by atoms with Crippen molar-refractivity contribution >= 4 is 0 Å². The molecule has 2 N–H and O–H groups in total. The molecule has 1 aliphatic rings. The molecule has 82 valence electrons. The molecule has 0 fully saturated rings. The zero-order valence-corrected chi connectivity index (χ0v) is 8.41. The Morgan fingerprint density at radius 3 is 2.80 bits per heavy atom. The third kappa shape index (κ3) is 1.40. The molecular weight excluding hydrogens is 200 g/mol. The van der Waals surface area contributed by atoms with Gasteiger partial charge in [0, 0.05) is 11.5 Å². The van der Waals surface area contributed by atoms with E-state index in [0.717, 1.165) is 0 Å². The predicted octanol–water partition coefficient (Wildman–Crippen LogP) is 2.13. The summed E-state index contributed by atoms with van der Waals surface area (Å²) in [4.78, 5) is 0. The molecule has 4 heteroatoms. The molecule has 2 rings (SSSR count). The smallest absolute Gasteiger partial charge is 0.260 e. The maximum atomic E-state index is 13.1. The molecule has 0 aliphatic carbocycles. The fourth-order valence-electron chi connectivity index (χ4n) is 1.90. The van der Waals surface area contributed by atoms with Crippen LogP contribution in [-0.4, -0.2) is 13.0 Å². The van der Waals surface area contributed by atoms with E-state index in [1.807, 2.05) is 0 Å². The van der Waals surface area contributed by atoms with Gasteiger partial charge in [0.15, 0.2) is 0 Å². The van der Waals surface area contributed by atoms with Crippen LogP contribution in [0.1, 0.15) is 12.5 Å². The first-order chi connectivity index (χ1) is 7.06. The number of benzene rings is 1. The first kappa shape index (κ1) is 10.4. The Morgan fingerprint density at radius 2 is 2.13 bits per heavy atom. The van der Waals surface area contributed by atoms with Gasteiger partial charge in [-0.1, -0.05) is 25.1 Å². The molecule has 15 heavy (non-hydrogen) atoms. The van der Waals surface area contributed by atoms with Gasteiger partial charge in [-0.2, -0.15) is 0 Å². The summed E-state index contributed by atoms with van der Waals surface area (Å²) in [6, 6.07) is 6.73. The van der Waals surface area contributed by atoms with E-state index in [-0.39, 0.29) is 6.61 Å². The first-order valence-corrected chi connectivity index (χ1v) is 4.86. The van der Waals surface area contributed by atoms with Gasteiger partial charge in [-0.25, -0.2) is 8.78 Å². The summed E-state index contributed by atoms with van der Waals surface area (Å²) in [6.45, 7) is 1.92. The van der Waals surface area contributed by atoms with Gasteiger partial charge < -0.3 is 10.5 Å². The second-order valence-corrected chi connectivity index (χ2v) is 3.94. The first-order valence-electron chi connectivity index (χ1n) is 4.86. The lowest BCUT2D eigenvalue weighted by molar-refractivity contribution is -0.00826. The van der Waals surface area contributed by atoms with Crippen molar-refractivity contribution in [3.05, 3.63) is 29.8 Å². The van der Waals surface area contributed by atoms with Gasteiger partial charge in [-0.15, -0.1) is 0 Å². The van der Waals surface area contributed by atoms with E-state index >= 15 is 0 Å². The number of ether oxygens (including phenoxy) is 1. The van der Waals surface area contributed by atoms with Crippen molar-refractivity contribution in [3.8, 4) is 5.75 Å². The SMILES string of the molecule is CC1COc2ccccc2C1(N)C(F)F. The summed E-state index contributed by atoms with van der Waals surface area (Å²) in [7, 11) is 0. The fraction of sp³-hybridized carbons (Fsp3) is 0.455. The average molecular weight is 213 g/mol. The van der Waals surface area contributed by atoms with Gasteiger partial charge in [0.25, 0.3) is 6.43 Å². The monoisotopic (exact) mass is 213 g/mol. The molecular formula is C11H13F2NO. The minimum Gasteiger partial charge on any atom is -0.493 e. The Bertz CT molecular complexity index is 369. The number of hydrogen-bond donors (Lipinski definition) is 1. The quantitative estimate of drug-likeness (QED) is 0.775. The van der Waals surface area contributed by atoms with E-state index in [0.29, 0.717) is 11.3 Å². The summed E-state index contributed by atoms with van der Waals surface area (Å²) in [5.41, 5.74) is 4.64. The largest absolute Gasteiger partial charge is 0.493 e. The molecule has 1 aromatic carbocycles. The van der Waals surface area contributed by atoms with Crippen molar-refractivity contribution in [1.82, 2.24) is 0 Å². The Morgan fingerprint density at radius 1 is 1.47 bits per heavy atom. The molecule has 0 amide bonds. The zero-order chi connectivity index (χ0) is 11.1. The van der Waals surface area contributed by atoms with Crippen LogP contribution >= 0.6 is 0 Å². The average Bonchev–Trinajstić information content (AvgIpc) is 2.23. The van der Waals surface area contributed by atoms with E-state index in [1.165, 1.54) is 0 Å². The van der Waals surface area contributed by atoms with Gasteiger partial charge in [0.05, 0.1) is 6.61 Å². The molecule has 1 aromatic rings. The fourth-order valence-corrected chi connectivity index (χ4v) is 1.90. The highest BCUT2D eigenvalue weighted by Crippen LogP contribution is 2.41. The van der Waals surface area contributed by atoms with E-state index < -0.39 is 17.9 Å². The molecule has 2 unspecified atom stereocenters. The van der Waals surface area contributed by atoms with Crippen molar-refractivity contribution in [2.45, 2.75) is 18.9 Å². The molecule has 1 heterocycles. The number of para-hydroxylation sites is 1. The highest BCUT2D eigenvalue weighted by atomic mass is 19.3. The van der Waals surface area contributed by atoms with Crippen LogP contribution in [0.2, 0.25) is 0 Å². The standard InChI is InChI=1S/C11H13F2NO/c1-7-6-15-9-5-3-2-4-8(9)11(7,14)10(12)13/h2-5,7,10H,6,14H2,1H3.